The van der Waals surface area contributed by atoms with Crippen LogP contribution in [-0.2, 0) is 6.54 Å². The highest BCUT2D eigenvalue weighted by Gasteiger charge is 2.07. The van der Waals surface area contributed by atoms with E-state index in [1.165, 1.54) is 11.1 Å². The predicted octanol–water partition coefficient (Wildman–Crippen LogP) is 3.42. The third-order valence-corrected chi connectivity index (χ3v) is 3.50. The van der Waals surface area contributed by atoms with Gasteiger partial charge in [-0.15, -0.1) is 11.3 Å². The van der Waals surface area contributed by atoms with Crippen LogP contribution in [-0.4, -0.2) is 16.5 Å². The van der Waals surface area contributed by atoms with Crippen LogP contribution < -0.4 is 10.6 Å². The standard InChI is InChI=1S/C13H17FN4S/c1-3-6-15-13-17-8-11(14)12(18-13)16-7-10-5-4-9(2)19-10/h4-5,8H,3,6-7H2,1-2H3,(H2,15,16,17,18). The number of halogens is 1. The molecule has 0 radical (unpaired) electrons. The van der Waals surface area contributed by atoms with Crippen molar-refractivity contribution in [3.8, 4) is 0 Å². The van der Waals surface area contributed by atoms with Crippen molar-refractivity contribution in [1.29, 1.82) is 0 Å². The van der Waals surface area contributed by atoms with Gasteiger partial charge in [-0.05, 0) is 25.5 Å². The normalized spacial score (nSPS) is 10.5. The molecule has 0 saturated carbocycles. The Kier molecular flexibility index (Phi) is 4.68. The molecule has 2 aromatic rings. The first-order chi connectivity index (χ1) is 9.19. The quantitative estimate of drug-likeness (QED) is 0.851. The van der Waals surface area contributed by atoms with E-state index < -0.39 is 5.82 Å². The Hall–Kier alpha value is -1.69. The van der Waals surface area contributed by atoms with Crippen molar-refractivity contribution in [3.05, 3.63) is 33.9 Å². The molecule has 6 heteroatoms. The van der Waals surface area contributed by atoms with Crippen LogP contribution in [0.25, 0.3) is 0 Å². The van der Waals surface area contributed by atoms with Gasteiger partial charge in [-0.2, -0.15) is 4.98 Å². The summed E-state index contributed by atoms with van der Waals surface area (Å²) in [5, 5.41) is 6.04. The smallest absolute Gasteiger partial charge is 0.224 e. The van der Waals surface area contributed by atoms with Gasteiger partial charge in [-0.25, -0.2) is 9.37 Å². The van der Waals surface area contributed by atoms with Crippen LogP contribution in [0.4, 0.5) is 16.2 Å². The van der Waals surface area contributed by atoms with Crippen LogP contribution in [0.5, 0.6) is 0 Å². The molecule has 0 bridgehead atoms. The van der Waals surface area contributed by atoms with E-state index in [1.54, 1.807) is 11.3 Å². The second kappa shape index (κ2) is 6.47. The van der Waals surface area contributed by atoms with Crippen molar-refractivity contribution in [3.63, 3.8) is 0 Å². The van der Waals surface area contributed by atoms with Crippen molar-refractivity contribution in [2.24, 2.45) is 0 Å². The van der Waals surface area contributed by atoms with Crippen molar-refractivity contribution < 1.29 is 4.39 Å². The van der Waals surface area contributed by atoms with Gasteiger partial charge in [0.05, 0.1) is 12.7 Å². The third kappa shape index (κ3) is 3.89. The first kappa shape index (κ1) is 13.7. The van der Waals surface area contributed by atoms with E-state index in [-0.39, 0.29) is 5.82 Å². The van der Waals surface area contributed by atoms with Crippen molar-refractivity contribution in [2.45, 2.75) is 26.8 Å². The number of aryl methyl sites for hydroxylation is 1. The lowest BCUT2D eigenvalue weighted by Gasteiger charge is -2.08. The van der Waals surface area contributed by atoms with Crippen molar-refractivity contribution in [2.75, 3.05) is 17.2 Å². The fraction of sp³-hybridized carbons (Fsp3) is 0.385. The van der Waals surface area contributed by atoms with E-state index in [1.807, 2.05) is 19.1 Å². The number of anilines is 2. The number of rotatable bonds is 6. The van der Waals surface area contributed by atoms with Gasteiger partial charge >= 0.3 is 0 Å². The number of thiophene rings is 1. The van der Waals surface area contributed by atoms with Crippen LogP contribution in [0.3, 0.4) is 0 Å². The van der Waals surface area contributed by atoms with Gasteiger partial charge in [0, 0.05) is 16.3 Å². The van der Waals surface area contributed by atoms with Crippen molar-refractivity contribution >= 4 is 23.1 Å². The number of nitrogens with zero attached hydrogens (tertiary/aromatic N) is 2. The third-order valence-electron chi connectivity index (χ3n) is 2.50. The highest BCUT2D eigenvalue weighted by atomic mass is 32.1. The first-order valence-electron chi connectivity index (χ1n) is 6.24. The highest BCUT2D eigenvalue weighted by Crippen LogP contribution is 2.18. The van der Waals surface area contributed by atoms with Crippen LogP contribution >= 0.6 is 11.3 Å². The van der Waals surface area contributed by atoms with E-state index in [9.17, 15) is 4.39 Å². The van der Waals surface area contributed by atoms with E-state index in [0.717, 1.165) is 17.8 Å². The van der Waals surface area contributed by atoms with Gasteiger partial charge in [0.25, 0.3) is 0 Å². The molecule has 19 heavy (non-hydrogen) atoms. The molecular weight excluding hydrogens is 263 g/mol. The minimum atomic E-state index is -0.435. The number of hydrogen-bond donors (Lipinski definition) is 2. The van der Waals surface area contributed by atoms with Crippen LogP contribution in [0, 0.1) is 12.7 Å². The summed E-state index contributed by atoms with van der Waals surface area (Å²) in [7, 11) is 0. The second-order valence-electron chi connectivity index (χ2n) is 4.18. The maximum Gasteiger partial charge on any atom is 0.224 e. The average molecular weight is 280 g/mol. The molecule has 2 heterocycles. The van der Waals surface area contributed by atoms with Gasteiger partial charge in [-0.1, -0.05) is 6.92 Å². The molecule has 4 nitrogen and oxygen atoms in total. The maximum atomic E-state index is 13.6. The summed E-state index contributed by atoms with van der Waals surface area (Å²) in [4.78, 5) is 10.4. The van der Waals surface area contributed by atoms with E-state index in [0.29, 0.717) is 12.5 Å². The molecule has 0 aliphatic carbocycles. The van der Waals surface area contributed by atoms with E-state index in [2.05, 4.69) is 27.5 Å². The minimum Gasteiger partial charge on any atom is -0.363 e. The fourth-order valence-corrected chi connectivity index (χ4v) is 2.39. The summed E-state index contributed by atoms with van der Waals surface area (Å²) >= 11 is 1.69. The molecular formula is C13H17FN4S. The summed E-state index contributed by atoms with van der Waals surface area (Å²) in [6.07, 6.45) is 2.16. The molecule has 2 N–H and O–H groups in total. The van der Waals surface area contributed by atoms with Crippen LogP contribution in [0.15, 0.2) is 18.3 Å². The van der Waals surface area contributed by atoms with E-state index >= 15 is 0 Å². The van der Waals surface area contributed by atoms with Gasteiger partial charge in [0.15, 0.2) is 11.6 Å². The fourth-order valence-electron chi connectivity index (χ4n) is 1.56. The molecule has 0 aliphatic heterocycles. The molecule has 0 unspecified atom stereocenters. The van der Waals surface area contributed by atoms with Crippen LogP contribution in [0.2, 0.25) is 0 Å². The molecule has 0 aromatic carbocycles. The summed E-state index contributed by atoms with van der Waals surface area (Å²) in [5.41, 5.74) is 0. The summed E-state index contributed by atoms with van der Waals surface area (Å²) in [6.45, 7) is 5.44. The van der Waals surface area contributed by atoms with Gasteiger partial charge < -0.3 is 10.6 Å². The Balaban J connectivity index is 2.02. The van der Waals surface area contributed by atoms with Crippen LogP contribution in [0.1, 0.15) is 23.1 Å². The molecule has 2 rings (SSSR count). The van der Waals surface area contributed by atoms with E-state index in [4.69, 9.17) is 0 Å². The topological polar surface area (TPSA) is 49.8 Å². The maximum absolute atomic E-state index is 13.6. The molecule has 0 saturated heterocycles. The SMILES string of the molecule is CCCNc1ncc(F)c(NCc2ccc(C)s2)n1. The monoisotopic (exact) mass is 280 g/mol. The molecule has 102 valence electrons. The number of hydrogen-bond acceptors (Lipinski definition) is 5. The largest absolute Gasteiger partial charge is 0.363 e. The molecule has 0 spiro atoms. The zero-order valence-corrected chi connectivity index (χ0v) is 11.9. The van der Waals surface area contributed by atoms with Crippen molar-refractivity contribution in [1.82, 2.24) is 9.97 Å². The minimum absolute atomic E-state index is 0.236. The Morgan fingerprint density at radius 3 is 2.84 bits per heavy atom. The van der Waals surface area contributed by atoms with Gasteiger partial charge in [0.1, 0.15) is 0 Å². The predicted molar refractivity (Wildman–Crippen MR) is 77.2 cm³/mol. The Labute approximate surface area is 116 Å². The molecule has 0 aliphatic rings. The lowest BCUT2D eigenvalue weighted by molar-refractivity contribution is 0.617. The second-order valence-corrected chi connectivity index (χ2v) is 5.56. The molecule has 0 fully saturated rings. The highest BCUT2D eigenvalue weighted by molar-refractivity contribution is 7.11. The molecule has 0 amide bonds. The summed E-state index contributed by atoms with van der Waals surface area (Å²) in [6, 6.07) is 4.08. The number of nitrogens with one attached hydrogen (secondary N) is 2. The summed E-state index contributed by atoms with van der Waals surface area (Å²) in [5.74, 6) is 0.253. The number of aromatic nitrogens is 2. The lowest BCUT2D eigenvalue weighted by Crippen LogP contribution is -2.08. The zero-order valence-electron chi connectivity index (χ0n) is 11.0. The zero-order chi connectivity index (χ0) is 13.7. The Morgan fingerprint density at radius 2 is 2.16 bits per heavy atom. The Morgan fingerprint density at radius 1 is 1.32 bits per heavy atom. The van der Waals surface area contributed by atoms with Gasteiger partial charge in [-0.3, -0.25) is 0 Å². The lowest BCUT2D eigenvalue weighted by atomic mass is 10.4. The first-order valence-corrected chi connectivity index (χ1v) is 7.06. The molecule has 2 aromatic heterocycles. The Bertz CT molecular complexity index is 541. The van der Waals surface area contributed by atoms with Gasteiger partial charge in [0.2, 0.25) is 5.95 Å². The molecule has 0 atom stereocenters. The average Bonchev–Trinajstić information content (AvgIpc) is 2.82. The summed E-state index contributed by atoms with van der Waals surface area (Å²) < 4.78 is 13.6.